The van der Waals surface area contributed by atoms with Crippen molar-refractivity contribution < 1.29 is 0 Å². The van der Waals surface area contributed by atoms with Gasteiger partial charge in [0.1, 0.15) is 0 Å². The molecule has 0 fully saturated rings. The minimum atomic E-state index is 1.37. The Bertz CT molecular complexity index is 98.0. The Morgan fingerprint density at radius 1 is 0.500 bits per heavy atom. The van der Waals surface area contributed by atoms with E-state index in [0.717, 1.165) is 0 Å². The molecule has 0 aromatic carbocycles. The van der Waals surface area contributed by atoms with E-state index in [1.165, 1.54) is 88.6 Å². The van der Waals surface area contributed by atoms with Crippen LogP contribution in [-0.4, -0.2) is 17.7 Å². The van der Waals surface area contributed by atoms with Gasteiger partial charge in [-0.2, -0.15) is 0 Å². The van der Waals surface area contributed by atoms with E-state index in [1.807, 2.05) is 0 Å². The molecule has 92 valence electrons. The van der Waals surface area contributed by atoms with E-state index < -0.39 is 0 Å². The summed E-state index contributed by atoms with van der Waals surface area (Å²) in [5.41, 5.74) is 0. The average molecular weight is 218 g/mol. The van der Waals surface area contributed by atoms with Gasteiger partial charge in [0.05, 0.1) is 0 Å². The normalized spacial score (nSPS) is 10.9. The van der Waals surface area contributed by atoms with E-state index >= 15 is 0 Å². The van der Waals surface area contributed by atoms with Crippen molar-refractivity contribution in [2.45, 2.75) is 95.5 Å². The Balaban J connectivity index is 2.83. The second-order valence-corrected chi connectivity index (χ2v) is 5.24. The molecule has 0 aromatic rings. The second-order valence-electron chi connectivity index (χ2n) is 5.24. The van der Waals surface area contributed by atoms with Crippen LogP contribution >= 0.6 is 0 Å². The molecule has 0 bridgehead atoms. The molecule has 0 heterocycles. The van der Waals surface area contributed by atoms with Crippen LogP contribution in [0.3, 0.4) is 0 Å². The maximum atomic E-state index is 2.29. The zero-order chi connectivity index (χ0) is 11.9. The van der Waals surface area contributed by atoms with Crippen LogP contribution in [0.2, 0.25) is 5.09 Å². The smallest absolute Gasteiger partial charge is 0.0654 e. The van der Waals surface area contributed by atoms with Gasteiger partial charge in [-0.25, -0.2) is 0 Å². The van der Waals surface area contributed by atoms with Crippen molar-refractivity contribution in [2.24, 2.45) is 0 Å². The summed E-state index contributed by atoms with van der Waals surface area (Å²) in [6.07, 6.45) is 19.0. The Kier molecular flexibility index (Phi) is 16.2. The zero-order valence-corrected chi connectivity index (χ0v) is 11.9. The minimum Gasteiger partial charge on any atom is -0.0654 e. The number of rotatable bonds is 13. The van der Waals surface area contributed by atoms with Crippen molar-refractivity contribution in [2.75, 3.05) is 0 Å². The van der Waals surface area contributed by atoms with E-state index in [9.17, 15) is 0 Å². The molecule has 0 spiro atoms. The second kappa shape index (κ2) is 15.6. The Morgan fingerprint density at radius 3 is 1.12 bits per heavy atom. The SMILES string of the molecule is [Li][CH2]CCCCCCCCCCCCCC. The molecule has 0 aliphatic rings. The summed E-state index contributed by atoms with van der Waals surface area (Å²) < 4.78 is 0. The first-order valence-corrected chi connectivity index (χ1v) is 7.91. The van der Waals surface area contributed by atoms with E-state index in [2.05, 4.69) is 24.6 Å². The molecule has 0 saturated carbocycles. The summed E-state index contributed by atoms with van der Waals surface area (Å²) in [4.78, 5) is 0. The van der Waals surface area contributed by atoms with Crippen LogP contribution in [0.4, 0.5) is 0 Å². The van der Waals surface area contributed by atoms with Crippen LogP contribution in [0.15, 0.2) is 0 Å². The summed E-state index contributed by atoms with van der Waals surface area (Å²) in [6.45, 7) is 2.29. The first-order chi connectivity index (χ1) is 7.91. The molecular formula is C15H31Li. The van der Waals surface area contributed by atoms with Crippen LogP contribution in [-0.2, 0) is 0 Å². The van der Waals surface area contributed by atoms with Crippen LogP contribution in [0, 0.1) is 0 Å². The third kappa shape index (κ3) is 14.6. The zero-order valence-electron chi connectivity index (χ0n) is 11.9. The van der Waals surface area contributed by atoms with Gasteiger partial charge in [0, 0.05) is 0 Å². The van der Waals surface area contributed by atoms with Gasteiger partial charge in [-0.1, -0.05) is 19.8 Å². The van der Waals surface area contributed by atoms with Gasteiger partial charge in [0.15, 0.2) is 0 Å². The average Bonchev–Trinajstić information content (AvgIpc) is 2.31. The van der Waals surface area contributed by atoms with Crippen molar-refractivity contribution in [3.63, 3.8) is 0 Å². The molecule has 0 aliphatic carbocycles. The number of hydrogen-bond donors (Lipinski definition) is 0. The number of hydrogen-bond acceptors (Lipinski definition) is 0. The molecule has 0 saturated heterocycles. The molecule has 0 aliphatic heterocycles. The van der Waals surface area contributed by atoms with Gasteiger partial charge in [0.2, 0.25) is 0 Å². The number of unbranched alkanes of at least 4 members (excludes halogenated alkanes) is 12. The Labute approximate surface area is 113 Å². The van der Waals surface area contributed by atoms with Crippen molar-refractivity contribution in [1.82, 2.24) is 0 Å². The van der Waals surface area contributed by atoms with Crippen molar-refractivity contribution in [3.05, 3.63) is 0 Å². The predicted molar refractivity (Wildman–Crippen MR) is 76.3 cm³/mol. The van der Waals surface area contributed by atoms with Crippen LogP contribution in [0.5, 0.6) is 0 Å². The molecule has 1 heteroatoms. The van der Waals surface area contributed by atoms with Gasteiger partial charge in [-0.15, -0.1) is 0 Å². The molecule has 0 atom stereocenters. The van der Waals surface area contributed by atoms with Gasteiger partial charge < -0.3 is 0 Å². The van der Waals surface area contributed by atoms with Crippen molar-refractivity contribution in [1.29, 1.82) is 0 Å². The monoisotopic (exact) mass is 218 g/mol. The third-order valence-electron chi connectivity index (χ3n) is 3.46. The van der Waals surface area contributed by atoms with E-state index in [4.69, 9.17) is 0 Å². The molecule has 0 radical (unpaired) electrons. The fourth-order valence-electron chi connectivity index (χ4n) is 2.27. The van der Waals surface area contributed by atoms with Gasteiger partial charge >= 0.3 is 93.4 Å². The maximum absolute atomic E-state index is 2.29. The van der Waals surface area contributed by atoms with Crippen molar-refractivity contribution >= 4 is 17.7 Å². The van der Waals surface area contributed by atoms with E-state index in [-0.39, 0.29) is 0 Å². The minimum absolute atomic E-state index is 1.37. The summed E-state index contributed by atoms with van der Waals surface area (Å²) in [7, 11) is 0. The van der Waals surface area contributed by atoms with Crippen LogP contribution in [0.1, 0.15) is 90.4 Å². The molecule has 0 nitrogen and oxygen atoms in total. The summed E-state index contributed by atoms with van der Waals surface area (Å²) in [5, 5.41) is 1.37. The summed E-state index contributed by atoms with van der Waals surface area (Å²) >= 11 is 2.29. The quantitative estimate of drug-likeness (QED) is 0.276. The first kappa shape index (κ1) is 16.6. The molecule has 16 heavy (non-hydrogen) atoms. The topological polar surface area (TPSA) is 0 Å². The molecule has 0 N–H and O–H groups in total. The first-order valence-electron chi connectivity index (χ1n) is 7.91. The molecule has 0 rings (SSSR count). The van der Waals surface area contributed by atoms with Gasteiger partial charge in [-0.3, -0.25) is 0 Å². The predicted octanol–water partition coefficient (Wildman–Crippen LogP) is 5.66. The molecule has 0 aromatic heterocycles. The standard InChI is InChI=1S/C15H31.Li/c1-3-5-7-9-11-13-15-14-12-10-8-6-4-2;/h1,3-15H2,2H3;. The molecule has 0 unspecified atom stereocenters. The van der Waals surface area contributed by atoms with Crippen LogP contribution in [0.25, 0.3) is 0 Å². The Hall–Kier alpha value is 0.597. The van der Waals surface area contributed by atoms with E-state index in [1.54, 1.807) is 0 Å². The summed E-state index contributed by atoms with van der Waals surface area (Å²) in [5.74, 6) is 0. The fourth-order valence-corrected chi connectivity index (χ4v) is 2.27. The van der Waals surface area contributed by atoms with E-state index in [0.29, 0.717) is 0 Å². The molecular weight excluding hydrogens is 187 g/mol. The van der Waals surface area contributed by atoms with Gasteiger partial charge in [-0.05, 0) is 0 Å². The van der Waals surface area contributed by atoms with Crippen molar-refractivity contribution in [3.8, 4) is 0 Å². The summed E-state index contributed by atoms with van der Waals surface area (Å²) in [6, 6.07) is 0. The fraction of sp³-hybridized carbons (Fsp3) is 1.00. The van der Waals surface area contributed by atoms with Crippen LogP contribution < -0.4 is 0 Å². The Morgan fingerprint density at radius 2 is 0.812 bits per heavy atom. The molecule has 0 amide bonds. The van der Waals surface area contributed by atoms with Gasteiger partial charge in [0.25, 0.3) is 0 Å². The third-order valence-corrected chi connectivity index (χ3v) is 3.46.